The topological polar surface area (TPSA) is 341 Å². The Labute approximate surface area is 544 Å². The zero-order valence-electron chi connectivity index (χ0n) is 53.1. The zero-order valence-corrected chi connectivity index (χ0v) is 58.9. The van der Waals surface area contributed by atoms with Crippen LogP contribution in [0.1, 0.15) is 157 Å². The van der Waals surface area contributed by atoms with Crippen molar-refractivity contribution in [3.05, 3.63) is 0 Å². The van der Waals surface area contributed by atoms with E-state index in [9.17, 15) is 47.9 Å². The molecule has 0 aliphatic carbocycles. The van der Waals surface area contributed by atoms with E-state index in [0.29, 0.717) is 101 Å². The average molecular weight is 1500 g/mol. The van der Waals surface area contributed by atoms with Crippen LogP contribution in [0.5, 0.6) is 0 Å². The molecule has 0 bridgehead atoms. The van der Waals surface area contributed by atoms with Gasteiger partial charge in [0.05, 0.1) is 39.6 Å². The Kier molecular flexibility index (Phi) is 66.9. The van der Waals surface area contributed by atoms with E-state index in [1.807, 2.05) is 27.7 Å². The first-order valence-electron chi connectivity index (χ1n) is 29.4. The van der Waals surface area contributed by atoms with Crippen LogP contribution >= 0.6 is 40.0 Å². The third-order valence-electron chi connectivity index (χ3n) is 10.8. The molecule has 2 fully saturated rings. The number of ether oxygens (including phenoxy) is 8. The standard InChI is InChI=1S/C22H42N4O6.C16H32N2O4.C10H22O2.2C4H5NO3.CH4.2HI.V.H2/c1-15(2)19(27)25-17(5)21(29)23-9-7-11-31-13-14-32-12-8-10-24-22(30)18(6)26-20(28)16(3)4;1-13(2)15(19)17-7-5-9-21-11-12-22-10-6-8-18-16(20)14(3)4;1-3-5-7-11-9-10-12-8-6-4-2;2*1-2-3(6)8-4(7)5-2;;;;;/h15-18H,7-14H2,1-6H3,(H,23,29)(H,24,30)(H,25,27)(H,26,28);13-14H,5-12H2,1-4H3,(H,17,19)(H,18,20);3-10H2,1-2H3;2*2H,1H3,(H,5,7);1H4;2*1H;;1H/q;;;;;;;;+2;/p-2/i;;;;;;;;;1+1. The van der Waals surface area contributed by atoms with E-state index in [-0.39, 0.29) is 68.0 Å². The molecule has 8 amide bonds. The maximum atomic E-state index is 11.9. The predicted molar refractivity (Wildman–Crippen MR) is 345 cm³/mol. The van der Waals surface area contributed by atoms with Crippen molar-refractivity contribution in [1.82, 2.24) is 42.5 Å². The first-order chi connectivity index (χ1) is 40.2. The van der Waals surface area contributed by atoms with Crippen molar-refractivity contribution in [3.8, 4) is 0 Å². The minimum atomic E-state index is -0.650. The molecule has 2 heterocycles. The van der Waals surface area contributed by atoms with Crippen molar-refractivity contribution < 1.29 is 96.7 Å². The molecule has 507 valence electrons. The van der Waals surface area contributed by atoms with Crippen molar-refractivity contribution in [2.45, 2.75) is 180 Å². The third-order valence-corrected chi connectivity index (χ3v) is 10.8. The SMILES string of the molecule is C.CC(C)C(=O)NC(C)C(=O)NCCCOCCOCCCNC(=O)C(C)NC(=O)C(C)C.CC(C)C(=O)NCCCOCCOCCCNC(=O)C(C)C.CC1NC(=O)OC1=O.CC1NC(=O)OC1=O.CCCCOCCOCCCC.[2HH].[I][V][I]. The van der Waals surface area contributed by atoms with Crippen molar-refractivity contribution in [1.29, 1.82) is 0 Å². The van der Waals surface area contributed by atoms with Gasteiger partial charge in [-0.1, -0.05) is 89.5 Å². The van der Waals surface area contributed by atoms with Crippen molar-refractivity contribution >= 4 is 99.5 Å². The molecule has 0 spiro atoms. The number of halogens is 2. The van der Waals surface area contributed by atoms with E-state index >= 15 is 0 Å². The van der Waals surface area contributed by atoms with E-state index in [1.54, 1.807) is 55.4 Å². The molecule has 2 saturated heterocycles. The number of amides is 8. The third kappa shape index (κ3) is 60.8. The van der Waals surface area contributed by atoms with Crippen molar-refractivity contribution in [2.24, 2.45) is 23.7 Å². The molecule has 26 nitrogen and oxygen atoms in total. The number of esters is 2. The fourth-order valence-corrected chi connectivity index (χ4v) is 5.50. The Balaban J connectivity index is -0.000000255. The molecule has 2 aliphatic rings. The fourth-order valence-electron chi connectivity index (χ4n) is 5.50. The van der Waals surface area contributed by atoms with Gasteiger partial charge < -0.3 is 80.4 Å². The number of hydrogen-bond acceptors (Lipinski definition) is 18. The molecule has 8 N–H and O–H groups in total. The minimum absolute atomic E-state index is 0. The molecular weight excluding hydrogens is 1390 g/mol. The fraction of sp³-hybridized carbons (Fsp3) is 0.825. The van der Waals surface area contributed by atoms with Crippen LogP contribution in [0, 0.1) is 23.7 Å². The van der Waals surface area contributed by atoms with Gasteiger partial charge in [-0.05, 0) is 66.2 Å². The van der Waals surface area contributed by atoms with Gasteiger partial charge in [-0.3, -0.25) is 28.8 Å². The summed E-state index contributed by atoms with van der Waals surface area (Å²) in [4.78, 5) is 110. The van der Waals surface area contributed by atoms with Gasteiger partial charge in [-0.15, -0.1) is 0 Å². The van der Waals surface area contributed by atoms with Crippen LogP contribution in [-0.2, 0) is 85.7 Å². The van der Waals surface area contributed by atoms with Gasteiger partial charge in [-0.25, -0.2) is 19.2 Å². The van der Waals surface area contributed by atoms with E-state index in [2.05, 4.69) is 106 Å². The quantitative estimate of drug-likeness (QED) is 0.0146. The molecule has 0 aromatic carbocycles. The monoisotopic (exact) mass is 1500 g/mol. The summed E-state index contributed by atoms with van der Waals surface area (Å²) in [6.07, 6.45) is 6.36. The Morgan fingerprint density at radius 3 is 0.826 bits per heavy atom. The van der Waals surface area contributed by atoms with Crippen molar-refractivity contribution in [3.63, 3.8) is 0 Å². The van der Waals surface area contributed by atoms with Crippen LogP contribution in [0.4, 0.5) is 9.59 Å². The average Bonchev–Trinajstić information content (AvgIpc) is 3.99. The van der Waals surface area contributed by atoms with Gasteiger partial charge in [0.2, 0.25) is 35.4 Å². The number of alkyl carbamates (subject to hydrolysis) is 2. The summed E-state index contributed by atoms with van der Waals surface area (Å²) in [6.45, 7) is 35.1. The Morgan fingerprint density at radius 1 is 0.430 bits per heavy atom. The first-order valence-corrected chi connectivity index (χ1v) is 38.4. The second kappa shape index (κ2) is 63.1. The molecule has 2 rings (SSSR count). The first kappa shape index (κ1) is 91.2. The van der Waals surface area contributed by atoms with Crippen LogP contribution in [0.3, 0.4) is 0 Å². The van der Waals surface area contributed by atoms with Crippen LogP contribution in [0.25, 0.3) is 0 Å². The van der Waals surface area contributed by atoms with Crippen LogP contribution in [0.15, 0.2) is 0 Å². The molecule has 0 saturated carbocycles. The molecule has 0 aromatic rings. The normalized spacial score (nSPS) is 14.3. The molecule has 29 heteroatoms. The van der Waals surface area contributed by atoms with Crippen LogP contribution < -0.4 is 42.5 Å². The number of carbonyl (C=O) groups excluding carboxylic acids is 10. The van der Waals surface area contributed by atoms with Gasteiger partial charge in [0, 0.05) is 90.9 Å². The summed E-state index contributed by atoms with van der Waals surface area (Å²) in [5, 5.41) is 21.0. The number of rotatable bonds is 39. The van der Waals surface area contributed by atoms with E-state index in [1.165, 1.54) is 12.8 Å². The van der Waals surface area contributed by atoms with E-state index < -0.39 is 48.3 Å². The van der Waals surface area contributed by atoms with Gasteiger partial charge in [0.25, 0.3) is 0 Å². The van der Waals surface area contributed by atoms with Gasteiger partial charge >= 0.3 is 73.5 Å². The van der Waals surface area contributed by atoms with Crippen LogP contribution in [-0.4, -0.2) is 189 Å². The second-order valence-corrected chi connectivity index (χ2v) is 32.0. The van der Waals surface area contributed by atoms with Gasteiger partial charge in [0.1, 0.15) is 24.2 Å². The zero-order chi connectivity index (χ0) is 65.4. The number of hydrogen-bond donors (Lipinski definition) is 8. The summed E-state index contributed by atoms with van der Waals surface area (Å²) in [5.41, 5.74) is 0. The Morgan fingerprint density at radius 2 is 0.651 bits per heavy atom. The van der Waals surface area contributed by atoms with E-state index in [4.69, 9.17) is 28.4 Å². The van der Waals surface area contributed by atoms with Crippen molar-refractivity contribution in [2.75, 3.05) is 105 Å². The molecule has 4 atom stereocenters. The summed E-state index contributed by atoms with van der Waals surface area (Å²) in [7, 11) is 0.628. The van der Waals surface area contributed by atoms with E-state index in [0.717, 1.165) is 52.1 Å². The Bertz CT molecular complexity index is 1700. The molecule has 2 aliphatic heterocycles. The molecule has 4 unspecified atom stereocenters. The van der Waals surface area contributed by atoms with Gasteiger partial charge in [0.15, 0.2) is 0 Å². The molecule has 0 aromatic heterocycles. The maximum absolute atomic E-state index is 11.9. The summed E-state index contributed by atoms with van der Waals surface area (Å²) in [5.74, 6) is -1.85. The summed E-state index contributed by atoms with van der Waals surface area (Å²) < 4.78 is 40.5. The number of carbonyl (C=O) groups is 10. The van der Waals surface area contributed by atoms with Gasteiger partial charge in [-0.2, -0.15) is 0 Å². The summed E-state index contributed by atoms with van der Waals surface area (Å²) >= 11 is 4.74. The molecule has 0 radical (unpaired) electrons. The second-order valence-electron chi connectivity index (χ2n) is 20.3. The predicted octanol–water partition coefficient (Wildman–Crippen LogP) is 6.25. The number of cyclic esters (lactones) is 4. The van der Waals surface area contributed by atoms with Crippen LogP contribution in [0.2, 0.25) is 0 Å². The Hall–Kier alpha value is -3.50. The molecule has 86 heavy (non-hydrogen) atoms. The number of unbranched alkanes of at least 4 members (excludes halogenated alkanes) is 2. The summed E-state index contributed by atoms with van der Waals surface area (Å²) in [6, 6.07) is -2.07. The number of nitrogens with one attached hydrogen (secondary N) is 8. The molecular formula is C57H112I2N8O18V.